The summed E-state index contributed by atoms with van der Waals surface area (Å²) in [5, 5.41) is 7.39. The number of aromatic nitrogens is 1. The summed E-state index contributed by atoms with van der Waals surface area (Å²) in [6, 6.07) is 7.01. The lowest BCUT2D eigenvalue weighted by molar-refractivity contribution is 0.169. The van der Waals surface area contributed by atoms with Crippen molar-refractivity contribution in [3.8, 4) is 5.75 Å². The first kappa shape index (κ1) is 23.4. The van der Waals surface area contributed by atoms with E-state index in [2.05, 4.69) is 25.3 Å². The highest BCUT2D eigenvalue weighted by molar-refractivity contribution is 14.0. The van der Waals surface area contributed by atoms with Gasteiger partial charge in [0.05, 0.1) is 12.3 Å². The highest BCUT2D eigenvalue weighted by Crippen LogP contribution is 2.18. The second-order valence-corrected chi connectivity index (χ2v) is 6.79. The molecule has 1 N–H and O–H groups in total. The SMILES string of the molecule is CCOc1ccc(CNC(=NC)N2CCN(Cc3cc(C)on3)CC2)cc1F.I. The number of hydrogen-bond donors (Lipinski definition) is 1. The van der Waals surface area contributed by atoms with Crippen molar-refractivity contribution >= 4 is 29.9 Å². The molecule has 0 atom stereocenters. The third-order valence-corrected chi connectivity index (χ3v) is 4.69. The smallest absolute Gasteiger partial charge is 0.194 e. The van der Waals surface area contributed by atoms with E-state index in [4.69, 9.17) is 9.26 Å². The average Bonchev–Trinajstić information content (AvgIpc) is 3.10. The van der Waals surface area contributed by atoms with E-state index in [1.165, 1.54) is 6.07 Å². The molecule has 0 spiro atoms. The molecule has 2 heterocycles. The van der Waals surface area contributed by atoms with Gasteiger partial charge in [0.15, 0.2) is 17.5 Å². The van der Waals surface area contributed by atoms with Crippen molar-refractivity contribution in [3.05, 3.63) is 47.1 Å². The molecule has 29 heavy (non-hydrogen) atoms. The van der Waals surface area contributed by atoms with Crippen LogP contribution in [0, 0.1) is 12.7 Å². The maximum Gasteiger partial charge on any atom is 0.194 e. The molecule has 3 rings (SSSR count). The van der Waals surface area contributed by atoms with Crippen molar-refractivity contribution < 1.29 is 13.7 Å². The maximum absolute atomic E-state index is 14.0. The van der Waals surface area contributed by atoms with Gasteiger partial charge in [-0.25, -0.2) is 4.39 Å². The van der Waals surface area contributed by atoms with Crippen molar-refractivity contribution in [2.45, 2.75) is 26.9 Å². The van der Waals surface area contributed by atoms with Crippen molar-refractivity contribution in [2.24, 2.45) is 4.99 Å². The molecule has 1 aromatic heterocycles. The second-order valence-electron chi connectivity index (χ2n) is 6.79. The average molecular weight is 517 g/mol. The van der Waals surface area contributed by atoms with Crippen LogP contribution in [0.3, 0.4) is 0 Å². The molecule has 0 bridgehead atoms. The minimum absolute atomic E-state index is 0. The predicted octanol–water partition coefficient (Wildman–Crippen LogP) is 3.03. The minimum Gasteiger partial charge on any atom is -0.491 e. The number of benzene rings is 1. The number of guanidine groups is 1. The zero-order chi connectivity index (χ0) is 19.9. The van der Waals surface area contributed by atoms with E-state index >= 15 is 0 Å². The molecule has 1 fully saturated rings. The second kappa shape index (κ2) is 11.3. The van der Waals surface area contributed by atoms with E-state index in [9.17, 15) is 4.39 Å². The fourth-order valence-electron chi connectivity index (χ4n) is 3.28. The lowest BCUT2D eigenvalue weighted by Gasteiger charge is -2.36. The molecule has 1 aromatic carbocycles. The molecule has 0 unspecified atom stereocenters. The summed E-state index contributed by atoms with van der Waals surface area (Å²) >= 11 is 0. The van der Waals surface area contributed by atoms with E-state index in [0.717, 1.165) is 55.7 Å². The van der Waals surface area contributed by atoms with E-state index in [1.54, 1.807) is 13.1 Å². The zero-order valence-corrected chi connectivity index (χ0v) is 19.5. The Morgan fingerprint density at radius 3 is 2.62 bits per heavy atom. The van der Waals surface area contributed by atoms with Crippen molar-refractivity contribution in [1.29, 1.82) is 0 Å². The van der Waals surface area contributed by atoms with Crippen molar-refractivity contribution in [2.75, 3.05) is 39.8 Å². The quantitative estimate of drug-likeness (QED) is 0.361. The molecule has 0 saturated carbocycles. The van der Waals surface area contributed by atoms with Gasteiger partial charge in [-0.1, -0.05) is 11.2 Å². The monoisotopic (exact) mass is 517 g/mol. The number of aryl methyl sites for hydroxylation is 1. The van der Waals surface area contributed by atoms with Gasteiger partial charge in [0, 0.05) is 52.4 Å². The van der Waals surface area contributed by atoms with Crippen LogP contribution in [-0.4, -0.2) is 60.7 Å². The van der Waals surface area contributed by atoms with Crippen LogP contribution >= 0.6 is 24.0 Å². The highest BCUT2D eigenvalue weighted by atomic mass is 127. The van der Waals surface area contributed by atoms with E-state index in [0.29, 0.717) is 13.2 Å². The minimum atomic E-state index is -0.340. The van der Waals surface area contributed by atoms with Gasteiger partial charge >= 0.3 is 0 Å². The summed E-state index contributed by atoms with van der Waals surface area (Å²) in [6.07, 6.45) is 0. The lowest BCUT2D eigenvalue weighted by Crippen LogP contribution is -2.52. The van der Waals surface area contributed by atoms with Crippen molar-refractivity contribution in [1.82, 2.24) is 20.3 Å². The number of hydrogen-bond acceptors (Lipinski definition) is 5. The fraction of sp³-hybridized carbons (Fsp3) is 0.500. The molecule has 160 valence electrons. The molecule has 9 heteroatoms. The van der Waals surface area contributed by atoms with Crippen LogP contribution in [0.4, 0.5) is 4.39 Å². The molecular formula is C20H29FIN5O2. The van der Waals surface area contributed by atoms with Crippen molar-refractivity contribution in [3.63, 3.8) is 0 Å². The van der Waals surface area contributed by atoms with Crippen LogP contribution in [0.1, 0.15) is 23.9 Å². The van der Waals surface area contributed by atoms with Crippen LogP contribution in [0.15, 0.2) is 33.8 Å². The van der Waals surface area contributed by atoms with Crippen LogP contribution in [0.25, 0.3) is 0 Å². The number of aliphatic imine (C=N–C) groups is 1. The topological polar surface area (TPSA) is 66.1 Å². The number of piperazine rings is 1. The summed E-state index contributed by atoms with van der Waals surface area (Å²) in [5.41, 5.74) is 1.81. The lowest BCUT2D eigenvalue weighted by atomic mass is 10.2. The van der Waals surface area contributed by atoms with Crippen LogP contribution in [0.2, 0.25) is 0 Å². The maximum atomic E-state index is 14.0. The molecule has 1 aliphatic rings. The third-order valence-electron chi connectivity index (χ3n) is 4.69. The Morgan fingerprint density at radius 1 is 1.28 bits per heavy atom. The first-order chi connectivity index (χ1) is 13.6. The van der Waals surface area contributed by atoms with Gasteiger partial charge in [0.1, 0.15) is 5.76 Å². The van der Waals surface area contributed by atoms with Crippen LogP contribution in [-0.2, 0) is 13.1 Å². The van der Waals surface area contributed by atoms with Gasteiger partial charge in [-0.05, 0) is 31.5 Å². The predicted molar refractivity (Wildman–Crippen MR) is 121 cm³/mol. The largest absolute Gasteiger partial charge is 0.491 e. The summed E-state index contributed by atoms with van der Waals surface area (Å²) in [4.78, 5) is 8.94. The fourth-order valence-corrected chi connectivity index (χ4v) is 3.28. The number of nitrogens with zero attached hydrogens (tertiary/aromatic N) is 4. The van der Waals surface area contributed by atoms with Gasteiger partial charge in [-0.3, -0.25) is 9.89 Å². The Balaban J connectivity index is 0.00000300. The zero-order valence-electron chi connectivity index (χ0n) is 17.2. The molecule has 1 aliphatic heterocycles. The standard InChI is InChI=1S/C20H28FN5O2.HI/c1-4-27-19-6-5-16(12-18(19)21)13-23-20(22-3)26-9-7-25(8-10-26)14-17-11-15(2)28-24-17;/h5-6,11-12H,4,7-10,13-14H2,1-3H3,(H,22,23);1H. The summed E-state index contributed by atoms with van der Waals surface area (Å²) < 4.78 is 24.4. The Hall–Kier alpha value is -1.88. The summed E-state index contributed by atoms with van der Waals surface area (Å²) in [5.74, 6) is 1.61. The van der Waals surface area contributed by atoms with Gasteiger partial charge < -0.3 is 19.5 Å². The van der Waals surface area contributed by atoms with Crippen LogP contribution in [0.5, 0.6) is 5.75 Å². The van der Waals surface area contributed by atoms with E-state index < -0.39 is 0 Å². The number of halogens is 2. The van der Waals surface area contributed by atoms with Gasteiger partial charge in [0.2, 0.25) is 0 Å². The first-order valence-electron chi connectivity index (χ1n) is 9.60. The normalized spacial score (nSPS) is 15.2. The number of rotatable bonds is 6. The molecule has 0 amide bonds. The summed E-state index contributed by atoms with van der Waals surface area (Å²) in [7, 11) is 1.77. The van der Waals surface area contributed by atoms with Gasteiger partial charge in [-0.2, -0.15) is 0 Å². The van der Waals surface area contributed by atoms with Crippen LogP contribution < -0.4 is 10.1 Å². The van der Waals surface area contributed by atoms with E-state index in [1.807, 2.05) is 26.0 Å². The Morgan fingerprint density at radius 2 is 2.03 bits per heavy atom. The molecule has 7 nitrogen and oxygen atoms in total. The van der Waals surface area contributed by atoms with Gasteiger partial charge in [-0.15, -0.1) is 24.0 Å². The third kappa shape index (κ3) is 6.56. The molecule has 0 radical (unpaired) electrons. The number of ether oxygens (including phenoxy) is 1. The first-order valence-corrected chi connectivity index (χ1v) is 9.60. The van der Waals surface area contributed by atoms with Gasteiger partial charge in [0.25, 0.3) is 0 Å². The molecule has 2 aromatic rings. The number of nitrogens with one attached hydrogen (secondary N) is 1. The Labute approximate surface area is 188 Å². The Kier molecular flexibility index (Phi) is 9.15. The summed E-state index contributed by atoms with van der Waals surface area (Å²) in [6.45, 7) is 9.07. The van der Waals surface area contributed by atoms with E-state index in [-0.39, 0.29) is 35.5 Å². The molecular weight excluding hydrogens is 488 g/mol. The Bertz CT molecular complexity index is 806. The molecule has 1 saturated heterocycles. The molecule has 0 aliphatic carbocycles. The highest BCUT2D eigenvalue weighted by Gasteiger charge is 2.20.